The van der Waals surface area contributed by atoms with Crippen LogP contribution in [-0.2, 0) is 4.79 Å². The molecule has 0 atom stereocenters. The highest BCUT2D eigenvalue weighted by molar-refractivity contribution is 5.91. The van der Waals surface area contributed by atoms with E-state index in [4.69, 9.17) is 10.8 Å². The Kier molecular flexibility index (Phi) is 5.37. The third-order valence-corrected chi connectivity index (χ3v) is 2.93. The van der Waals surface area contributed by atoms with Gasteiger partial charge in [-0.2, -0.15) is 0 Å². The van der Waals surface area contributed by atoms with Crippen LogP contribution in [0.4, 0.5) is 11.4 Å². The maximum atomic E-state index is 11.8. The number of anilines is 2. The second kappa shape index (κ2) is 6.79. The third-order valence-electron chi connectivity index (χ3n) is 2.93. The number of carboxylic acids is 1. The number of hydrogen-bond donors (Lipinski definition) is 2. The van der Waals surface area contributed by atoms with Crippen LogP contribution < -0.4 is 10.6 Å². The molecule has 1 amide bonds. The number of rotatable bonds is 6. The van der Waals surface area contributed by atoms with Crippen LogP contribution in [0, 0.1) is 0 Å². The van der Waals surface area contributed by atoms with Gasteiger partial charge in [0.2, 0.25) is 5.91 Å². The van der Waals surface area contributed by atoms with Gasteiger partial charge in [-0.1, -0.05) is 6.92 Å². The van der Waals surface area contributed by atoms with Gasteiger partial charge in [0, 0.05) is 20.6 Å². The number of benzene rings is 1. The highest BCUT2D eigenvalue weighted by Gasteiger charge is 2.16. The molecule has 0 heterocycles. The fraction of sp³-hybridized carbons (Fsp3) is 0.429. The van der Waals surface area contributed by atoms with Crippen LogP contribution in [0.3, 0.4) is 0 Å². The summed E-state index contributed by atoms with van der Waals surface area (Å²) >= 11 is 0. The lowest BCUT2D eigenvalue weighted by atomic mass is 10.1. The number of aromatic carboxylic acids is 1. The minimum absolute atomic E-state index is 0.0276. The lowest BCUT2D eigenvalue weighted by Gasteiger charge is -2.26. The van der Waals surface area contributed by atoms with E-state index in [1.165, 1.54) is 17.0 Å². The zero-order valence-corrected chi connectivity index (χ0v) is 12.1. The first-order chi connectivity index (χ1) is 9.36. The van der Waals surface area contributed by atoms with Crippen molar-refractivity contribution in [2.75, 3.05) is 37.8 Å². The molecule has 0 unspecified atom stereocenters. The maximum Gasteiger partial charge on any atom is 0.335 e. The van der Waals surface area contributed by atoms with E-state index in [0.717, 1.165) is 6.42 Å². The maximum absolute atomic E-state index is 11.8. The smallest absolute Gasteiger partial charge is 0.335 e. The van der Waals surface area contributed by atoms with Gasteiger partial charge in [-0.3, -0.25) is 4.79 Å². The first-order valence-corrected chi connectivity index (χ1v) is 6.44. The van der Waals surface area contributed by atoms with Gasteiger partial charge in [0.25, 0.3) is 0 Å². The number of nitrogen functional groups attached to an aromatic ring is 1. The summed E-state index contributed by atoms with van der Waals surface area (Å²) in [4.78, 5) is 26.1. The summed E-state index contributed by atoms with van der Waals surface area (Å²) in [6, 6.07) is 4.56. The van der Waals surface area contributed by atoms with Gasteiger partial charge in [-0.15, -0.1) is 0 Å². The molecule has 0 aliphatic heterocycles. The molecule has 0 saturated carbocycles. The second-order valence-corrected chi connectivity index (χ2v) is 4.79. The summed E-state index contributed by atoms with van der Waals surface area (Å²) in [5.41, 5.74) is 7.11. The fourth-order valence-electron chi connectivity index (χ4n) is 1.83. The van der Waals surface area contributed by atoms with Crippen LogP contribution in [-0.4, -0.2) is 49.1 Å². The molecule has 1 aromatic carbocycles. The Bertz CT molecular complexity index is 500. The fourth-order valence-corrected chi connectivity index (χ4v) is 1.83. The van der Waals surface area contributed by atoms with Crippen molar-refractivity contribution in [3.63, 3.8) is 0 Å². The van der Waals surface area contributed by atoms with Crippen LogP contribution in [0.2, 0.25) is 0 Å². The molecule has 1 aromatic rings. The van der Waals surface area contributed by atoms with E-state index in [-0.39, 0.29) is 18.0 Å². The number of hydrogen-bond acceptors (Lipinski definition) is 4. The van der Waals surface area contributed by atoms with Crippen molar-refractivity contribution in [1.82, 2.24) is 4.90 Å². The number of carbonyl (C=O) groups is 2. The molecule has 0 fully saturated rings. The van der Waals surface area contributed by atoms with Crippen molar-refractivity contribution < 1.29 is 14.7 Å². The Balaban J connectivity index is 3.02. The van der Waals surface area contributed by atoms with Crippen LogP contribution in [0.15, 0.2) is 18.2 Å². The predicted molar refractivity (Wildman–Crippen MR) is 79.0 cm³/mol. The molecule has 6 nitrogen and oxygen atoms in total. The first-order valence-electron chi connectivity index (χ1n) is 6.44. The van der Waals surface area contributed by atoms with Gasteiger partial charge < -0.3 is 20.6 Å². The van der Waals surface area contributed by atoms with Crippen LogP contribution in [0.5, 0.6) is 0 Å². The standard InChI is InChI=1S/C14H21N3O3/c1-4-7-17(9-13(18)16(2)3)12-6-5-10(14(19)20)8-11(12)15/h5-6,8H,4,7,9,15H2,1-3H3,(H,19,20). The van der Waals surface area contributed by atoms with E-state index < -0.39 is 5.97 Å². The minimum atomic E-state index is -1.02. The van der Waals surface area contributed by atoms with Crippen molar-refractivity contribution in [2.45, 2.75) is 13.3 Å². The SMILES string of the molecule is CCCN(CC(=O)N(C)C)c1ccc(C(=O)O)cc1N. The Hall–Kier alpha value is -2.24. The number of amides is 1. The summed E-state index contributed by atoms with van der Waals surface area (Å²) in [5, 5.41) is 8.93. The molecule has 110 valence electrons. The Labute approximate surface area is 118 Å². The van der Waals surface area contributed by atoms with Crippen LogP contribution >= 0.6 is 0 Å². The minimum Gasteiger partial charge on any atom is -0.478 e. The Morgan fingerprint density at radius 2 is 1.95 bits per heavy atom. The Morgan fingerprint density at radius 3 is 2.40 bits per heavy atom. The molecule has 0 saturated heterocycles. The first kappa shape index (κ1) is 15.8. The van der Waals surface area contributed by atoms with Gasteiger partial charge in [0.05, 0.1) is 23.5 Å². The van der Waals surface area contributed by atoms with Crippen molar-refractivity contribution in [2.24, 2.45) is 0 Å². The average Bonchev–Trinajstić information content (AvgIpc) is 2.37. The van der Waals surface area contributed by atoms with Crippen molar-refractivity contribution >= 4 is 23.3 Å². The van der Waals surface area contributed by atoms with Gasteiger partial charge in [0.1, 0.15) is 0 Å². The predicted octanol–water partition coefficient (Wildman–Crippen LogP) is 1.27. The topological polar surface area (TPSA) is 86.9 Å². The summed E-state index contributed by atoms with van der Waals surface area (Å²) in [6.45, 7) is 2.91. The summed E-state index contributed by atoms with van der Waals surface area (Å²) in [7, 11) is 3.40. The highest BCUT2D eigenvalue weighted by Crippen LogP contribution is 2.24. The zero-order valence-electron chi connectivity index (χ0n) is 12.1. The number of carbonyl (C=O) groups excluding carboxylic acids is 1. The van der Waals surface area contributed by atoms with Gasteiger partial charge in [0.15, 0.2) is 0 Å². The molecule has 1 rings (SSSR count). The van der Waals surface area contributed by atoms with Crippen molar-refractivity contribution in [3.05, 3.63) is 23.8 Å². The zero-order chi connectivity index (χ0) is 15.3. The van der Waals surface area contributed by atoms with Gasteiger partial charge in [-0.05, 0) is 24.6 Å². The normalized spacial score (nSPS) is 10.2. The van der Waals surface area contributed by atoms with Crippen LogP contribution in [0.25, 0.3) is 0 Å². The molecule has 0 aliphatic carbocycles. The lowest BCUT2D eigenvalue weighted by Crippen LogP contribution is -2.37. The van der Waals surface area contributed by atoms with E-state index in [0.29, 0.717) is 17.9 Å². The lowest BCUT2D eigenvalue weighted by molar-refractivity contribution is -0.127. The monoisotopic (exact) mass is 279 g/mol. The summed E-state index contributed by atoms with van der Waals surface area (Å²) < 4.78 is 0. The Morgan fingerprint density at radius 1 is 1.30 bits per heavy atom. The molecule has 0 bridgehead atoms. The summed E-state index contributed by atoms with van der Waals surface area (Å²) in [5.74, 6) is -1.05. The molecular formula is C14H21N3O3. The van der Waals surface area contributed by atoms with E-state index >= 15 is 0 Å². The number of likely N-dealkylation sites (N-methyl/N-ethyl adjacent to an activating group) is 1. The van der Waals surface area contributed by atoms with Crippen molar-refractivity contribution in [3.8, 4) is 0 Å². The molecule has 20 heavy (non-hydrogen) atoms. The molecule has 3 N–H and O–H groups in total. The number of carboxylic acid groups (broad SMARTS) is 1. The molecular weight excluding hydrogens is 258 g/mol. The molecule has 0 spiro atoms. The van der Waals surface area contributed by atoms with Crippen molar-refractivity contribution in [1.29, 1.82) is 0 Å². The number of nitrogens with zero attached hydrogens (tertiary/aromatic N) is 2. The summed E-state index contributed by atoms with van der Waals surface area (Å²) in [6.07, 6.45) is 0.862. The van der Waals surface area contributed by atoms with Crippen LogP contribution in [0.1, 0.15) is 23.7 Å². The van der Waals surface area contributed by atoms with Gasteiger partial charge in [-0.25, -0.2) is 4.79 Å². The van der Waals surface area contributed by atoms with E-state index in [2.05, 4.69) is 0 Å². The largest absolute Gasteiger partial charge is 0.478 e. The van der Waals surface area contributed by atoms with E-state index in [9.17, 15) is 9.59 Å². The van der Waals surface area contributed by atoms with E-state index in [1.807, 2.05) is 11.8 Å². The molecule has 0 aromatic heterocycles. The number of nitrogens with two attached hydrogens (primary N) is 1. The quantitative estimate of drug-likeness (QED) is 0.766. The highest BCUT2D eigenvalue weighted by atomic mass is 16.4. The van der Waals surface area contributed by atoms with Gasteiger partial charge >= 0.3 is 5.97 Å². The molecule has 6 heteroatoms. The third kappa shape index (κ3) is 3.88. The molecule has 0 radical (unpaired) electrons. The van der Waals surface area contributed by atoms with E-state index in [1.54, 1.807) is 20.2 Å². The second-order valence-electron chi connectivity index (χ2n) is 4.79. The molecule has 0 aliphatic rings. The average molecular weight is 279 g/mol.